The highest BCUT2D eigenvalue weighted by Gasteiger charge is 2.24. The molecule has 0 atom stereocenters. The molecule has 0 aliphatic carbocycles. The number of pyridine rings is 6. The predicted molar refractivity (Wildman–Crippen MR) is 364 cm³/mol. The van der Waals surface area contributed by atoms with Crippen molar-refractivity contribution in [2.24, 2.45) is 7.05 Å². The average molecular weight is 1740 g/mol. The molecule has 0 saturated heterocycles. The minimum absolute atomic E-state index is 0.0320. The van der Waals surface area contributed by atoms with E-state index in [0.29, 0.717) is 32.6 Å². The summed E-state index contributed by atoms with van der Waals surface area (Å²) in [6, 6.07) is 19.7. The Morgan fingerprint density at radius 3 is 1.22 bits per heavy atom. The summed E-state index contributed by atoms with van der Waals surface area (Å²) in [7, 11) is 1.44. The molecule has 28 nitrogen and oxygen atoms in total. The van der Waals surface area contributed by atoms with E-state index in [-0.39, 0.29) is 25.7 Å². The van der Waals surface area contributed by atoms with Gasteiger partial charge in [-0.3, -0.25) is 36.1 Å². The molecule has 0 saturated carbocycles. The van der Waals surface area contributed by atoms with Gasteiger partial charge in [0, 0.05) is 130 Å². The van der Waals surface area contributed by atoms with Crippen LogP contribution in [-0.4, -0.2) is 154 Å². The molecule has 494 valence electrons. The van der Waals surface area contributed by atoms with E-state index in [1.54, 1.807) is 96.2 Å². The van der Waals surface area contributed by atoms with E-state index in [4.69, 9.17) is 28.2 Å². The molecule has 0 aliphatic heterocycles. The lowest BCUT2D eigenvalue weighted by Crippen LogP contribution is -2.23. The van der Waals surface area contributed by atoms with Crippen molar-refractivity contribution in [3.63, 3.8) is 0 Å². The summed E-state index contributed by atoms with van der Waals surface area (Å²) in [6.07, 6.45) is 19.0. The molecule has 0 fully saturated rings. The Bertz CT molecular complexity index is 4950. The van der Waals surface area contributed by atoms with Crippen LogP contribution >= 0.6 is 124 Å². The molecule has 91 heavy (non-hydrogen) atoms. The topological polar surface area (TPSA) is 355 Å². The van der Waals surface area contributed by atoms with Gasteiger partial charge in [0.05, 0.1) is 24.8 Å². The zero-order chi connectivity index (χ0) is 68.9. The number of hydrogen-bond donors (Lipinski definition) is 3. The molecule has 0 aliphatic rings. The van der Waals surface area contributed by atoms with E-state index in [9.17, 15) is 43.0 Å². The molecular formula is C48H50Br4Cl5N14O14PS5. The Labute approximate surface area is 578 Å². The second-order valence-corrected chi connectivity index (χ2v) is 38.3. The van der Waals surface area contributed by atoms with Gasteiger partial charge in [-0.05, 0) is 196 Å². The van der Waals surface area contributed by atoms with Gasteiger partial charge in [-0.25, -0.2) is 58.8 Å². The van der Waals surface area contributed by atoms with Crippen LogP contribution in [0.15, 0.2) is 184 Å². The van der Waals surface area contributed by atoms with Crippen molar-refractivity contribution in [3.05, 3.63) is 175 Å². The average Bonchev–Trinajstić information content (AvgIpc) is 1.72. The molecule has 0 aromatic carbocycles. The number of nitrogens with zero attached hydrogens (tertiary/aromatic N) is 13. The van der Waals surface area contributed by atoms with Gasteiger partial charge in [-0.2, -0.15) is 16.8 Å². The van der Waals surface area contributed by atoms with E-state index in [1.165, 1.54) is 66.3 Å². The first-order valence-corrected chi connectivity index (χ1v) is 40.7. The predicted octanol–water partition coefficient (Wildman–Crippen LogP) is 10.7. The minimum Gasteiger partial charge on any atom is -0.323 e. The summed E-state index contributed by atoms with van der Waals surface area (Å²) in [6.45, 7) is 1.75. The van der Waals surface area contributed by atoms with Crippen LogP contribution in [0.25, 0.3) is 39.4 Å². The number of aromatic nitrogens is 11. The van der Waals surface area contributed by atoms with Crippen LogP contribution in [-0.2, 0) is 60.2 Å². The minimum atomic E-state index is -4.22. The molecule has 11 heterocycles. The molecule has 0 radical (unpaired) electrons. The molecule has 0 bridgehead atoms. The lowest BCUT2D eigenvalue weighted by Gasteiger charge is -2.11. The van der Waals surface area contributed by atoms with E-state index < -0.39 is 53.7 Å². The zero-order valence-corrected chi connectivity index (χ0v) is 62.9. The van der Waals surface area contributed by atoms with Crippen LogP contribution in [0, 0.1) is 6.92 Å². The lowest BCUT2D eigenvalue weighted by molar-refractivity contribution is 0.478. The van der Waals surface area contributed by atoms with Gasteiger partial charge in [0.1, 0.15) is 28.2 Å². The maximum absolute atomic E-state index is 12.4. The number of fused-ring (bicyclic) bond motifs is 5. The van der Waals surface area contributed by atoms with Gasteiger partial charge in [-0.1, -0.05) is 0 Å². The second kappa shape index (κ2) is 33.3. The SMILES string of the molecule is Brc1ccc2nccn2c1.CN(C)S(=O)(=O)c1cnc2ccc(Br)cn12.CNC.Cc1cc(-c2ccc3ncc(S(=O)(=O)N(C)C)n3c2)cn(C)c1=O.O=P(Cl)(Cl)Cl.O=S(=O)(Cl)c1cnc2ccc(Br)cn12.O=S(=O)(O)Cl.O=S(=O)(O)c1cnc2ccc(Br)cn12. The number of hydrogen-bond acceptors (Lipinski definition) is 18. The molecule has 43 heteroatoms. The van der Waals surface area contributed by atoms with Gasteiger partial charge in [0.15, 0.2) is 20.1 Å². The lowest BCUT2D eigenvalue weighted by atomic mass is 10.1. The number of aryl methyl sites for hydroxylation is 2. The smallest absolute Gasteiger partial charge is 0.323 e. The second-order valence-electron chi connectivity index (χ2n) is 17.9. The first-order chi connectivity index (χ1) is 41.9. The normalized spacial score (nSPS) is 11.8. The Balaban J connectivity index is 0.000000236. The van der Waals surface area contributed by atoms with Gasteiger partial charge in [-0.15, -0.1) is 0 Å². The summed E-state index contributed by atoms with van der Waals surface area (Å²) < 4.78 is 151. The summed E-state index contributed by atoms with van der Waals surface area (Å²) in [4.78, 5) is 31.9. The first-order valence-electron chi connectivity index (χ1n) is 24.2. The monoisotopic (exact) mass is 1730 g/mol. The number of nitrogens with one attached hydrogen (secondary N) is 1. The van der Waals surface area contributed by atoms with Crippen LogP contribution in [0.5, 0.6) is 0 Å². The molecule has 3 N–H and O–H groups in total. The van der Waals surface area contributed by atoms with Gasteiger partial charge >= 0.3 is 24.6 Å². The van der Waals surface area contributed by atoms with Gasteiger partial charge in [0.2, 0.25) is 0 Å². The fourth-order valence-electron chi connectivity index (χ4n) is 6.98. The highest BCUT2D eigenvalue weighted by Crippen LogP contribution is 2.61. The third-order valence-corrected chi connectivity index (χ3v) is 18.4. The number of imidazole rings is 5. The standard InChI is InChI=1S/C16H18N4O3S.C9H10BrN3O2S.C7H4BrClN2O2S.C7H5BrN2O3S.C7H5BrN2.C2H7N.Cl3OP.ClHO3S/c1-11-7-13(9-19(4)16(11)21)12-5-6-14-17-8-15(20(14)10-12)24(22,23)18(2)3;1-12(2)16(14,15)9-5-11-8-4-3-7(10)6-13(8)9;8-5-1-2-6-10-3-7(11(6)4-5)14(9,12)13;8-5-1-2-6-9-3-7(10(6)4-5)14(11,12)13;8-6-1-2-7-9-3-4-10(7)5-6;1-3-2;2*1-5(2,3)4/h5-10H,1-4H3;3-6H,1-2H3;1-4H;1-4H,(H,11,12,13);1-5H;3H,1-2H3;;(H,2,3,4). The maximum Gasteiger partial charge on any atom is 0.353 e. The Morgan fingerprint density at radius 2 is 0.846 bits per heavy atom. The molecule has 11 aromatic rings. The third-order valence-electron chi connectivity index (χ3n) is 10.8. The fourth-order valence-corrected chi connectivity index (χ4v) is 11.7. The number of rotatable bonds is 7. The van der Waals surface area contributed by atoms with Crippen LogP contribution in [0.1, 0.15) is 5.56 Å². The fraction of sp³-hybridized carbons (Fsp3) is 0.167. The van der Waals surface area contributed by atoms with Crippen molar-refractivity contribution in [2.45, 2.75) is 27.0 Å². The highest BCUT2D eigenvalue weighted by atomic mass is 79.9. The van der Waals surface area contributed by atoms with Crippen molar-refractivity contribution in [3.8, 4) is 11.1 Å². The van der Waals surface area contributed by atoms with E-state index in [0.717, 1.165) is 45.0 Å². The van der Waals surface area contributed by atoms with Crippen molar-refractivity contribution >= 4 is 201 Å². The molecule has 0 spiro atoms. The van der Waals surface area contributed by atoms with Crippen molar-refractivity contribution in [2.75, 3.05) is 42.3 Å². The van der Waals surface area contributed by atoms with E-state index in [2.05, 4.69) is 138 Å². The van der Waals surface area contributed by atoms with Crippen LogP contribution in [0.4, 0.5) is 0 Å². The third kappa shape index (κ3) is 23.8. The first kappa shape index (κ1) is 79.0. The van der Waals surface area contributed by atoms with Crippen molar-refractivity contribution in [1.29, 1.82) is 0 Å². The quantitative estimate of drug-likeness (QED) is 0.0758. The summed E-state index contributed by atoms with van der Waals surface area (Å²) in [5.41, 5.74) is 5.31. The van der Waals surface area contributed by atoms with Gasteiger partial charge in [0.25, 0.3) is 34.7 Å². The van der Waals surface area contributed by atoms with Crippen LogP contribution < -0.4 is 10.9 Å². The maximum atomic E-state index is 12.4. The van der Waals surface area contributed by atoms with Crippen LogP contribution in [0.3, 0.4) is 0 Å². The highest BCUT2D eigenvalue weighted by molar-refractivity contribution is 9.11. The zero-order valence-electron chi connectivity index (χ0n) is 47.8. The van der Waals surface area contributed by atoms with Crippen LogP contribution in [0.2, 0.25) is 0 Å². The molecule has 0 unspecified atom stereocenters. The van der Waals surface area contributed by atoms with E-state index >= 15 is 0 Å². The molecule has 0 amide bonds. The van der Waals surface area contributed by atoms with Crippen molar-refractivity contribution < 1.29 is 55.8 Å². The Morgan fingerprint density at radius 1 is 0.516 bits per heavy atom. The largest absolute Gasteiger partial charge is 0.353 e. The van der Waals surface area contributed by atoms with Crippen molar-refractivity contribution in [1.82, 2.24) is 65.4 Å². The number of halogens is 9. The summed E-state index contributed by atoms with van der Waals surface area (Å²) >= 11 is 26.9. The Hall–Kier alpha value is -4.45. The summed E-state index contributed by atoms with van der Waals surface area (Å²) in [5, 5.41) is -0.482. The molecule has 11 rings (SSSR count). The van der Waals surface area contributed by atoms with Gasteiger partial charge < -0.3 is 14.3 Å². The molecular weight excluding hydrogens is 1680 g/mol. The van der Waals surface area contributed by atoms with E-state index in [1.807, 2.05) is 55.2 Å². The Kier molecular flexibility index (Phi) is 28.9. The summed E-state index contributed by atoms with van der Waals surface area (Å²) in [5.74, 6) is 0. The molecule has 11 aromatic heterocycles. The number of sulfonamides is 2.